The van der Waals surface area contributed by atoms with E-state index in [9.17, 15) is 0 Å². The second-order valence-electron chi connectivity index (χ2n) is 4.90. The van der Waals surface area contributed by atoms with Crippen molar-refractivity contribution in [3.8, 4) is 0 Å². The van der Waals surface area contributed by atoms with Crippen LogP contribution < -0.4 is 5.32 Å². The highest BCUT2D eigenvalue weighted by molar-refractivity contribution is 9.10. The van der Waals surface area contributed by atoms with E-state index < -0.39 is 0 Å². The summed E-state index contributed by atoms with van der Waals surface area (Å²) in [6.45, 7) is 6.64. The van der Waals surface area contributed by atoms with E-state index in [0.717, 1.165) is 43.9 Å². The monoisotopic (exact) mass is 298 g/mol. The van der Waals surface area contributed by atoms with Crippen LogP contribution in [0.2, 0.25) is 0 Å². The third-order valence-electron chi connectivity index (χ3n) is 3.72. The number of hydrogen-bond acceptors (Lipinski definition) is 3. The van der Waals surface area contributed by atoms with Crippen molar-refractivity contribution in [3.63, 3.8) is 0 Å². The number of nitrogens with zero attached hydrogens (tertiary/aromatic N) is 3. The molecule has 17 heavy (non-hydrogen) atoms. The fourth-order valence-corrected chi connectivity index (χ4v) is 3.38. The zero-order chi connectivity index (χ0) is 11.7. The molecule has 0 bridgehead atoms. The fourth-order valence-electron chi connectivity index (χ4n) is 2.76. The molecule has 0 spiro atoms. The molecule has 1 fully saturated rings. The van der Waals surface area contributed by atoms with Crippen LogP contribution >= 0.6 is 15.9 Å². The van der Waals surface area contributed by atoms with E-state index in [0.29, 0.717) is 0 Å². The Hall–Kier alpha value is -0.390. The standard InChI is InChI=1S/C12H19BrN4/c13-12-10-3-1-2-6-17(10)11(15-12)9-16-7-4-14-5-8-16/h14H,1-9H2. The van der Waals surface area contributed by atoms with Gasteiger partial charge in [-0.15, -0.1) is 0 Å². The quantitative estimate of drug-likeness (QED) is 0.896. The molecule has 0 amide bonds. The van der Waals surface area contributed by atoms with Crippen LogP contribution in [0.1, 0.15) is 24.4 Å². The third kappa shape index (κ3) is 2.41. The number of aromatic nitrogens is 2. The Balaban J connectivity index is 1.78. The minimum Gasteiger partial charge on any atom is -0.330 e. The van der Waals surface area contributed by atoms with E-state index >= 15 is 0 Å². The van der Waals surface area contributed by atoms with E-state index in [1.54, 1.807) is 0 Å². The van der Waals surface area contributed by atoms with Crippen molar-refractivity contribution in [2.45, 2.75) is 32.4 Å². The average Bonchev–Trinajstić information content (AvgIpc) is 2.69. The molecule has 0 unspecified atom stereocenters. The molecule has 1 aromatic heterocycles. The van der Waals surface area contributed by atoms with E-state index in [-0.39, 0.29) is 0 Å². The van der Waals surface area contributed by atoms with Gasteiger partial charge in [-0.3, -0.25) is 4.90 Å². The van der Waals surface area contributed by atoms with Crippen molar-refractivity contribution in [2.75, 3.05) is 26.2 Å². The summed E-state index contributed by atoms with van der Waals surface area (Å²) in [5.74, 6) is 1.24. The van der Waals surface area contributed by atoms with Crippen molar-refractivity contribution in [2.24, 2.45) is 0 Å². The maximum absolute atomic E-state index is 4.70. The van der Waals surface area contributed by atoms with Gasteiger partial charge in [0, 0.05) is 32.7 Å². The van der Waals surface area contributed by atoms with Gasteiger partial charge in [-0.1, -0.05) is 0 Å². The SMILES string of the molecule is Brc1nc(CN2CCNCC2)n2c1CCCC2. The number of rotatable bonds is 2. The summed E-state index contributed by atoms with van der Waals surface area (Å²) in [4.78, 5) is 7.20. The molecule has 4 nitrogen and oxygen atoms in total. The van der Waals surface area contributed by atoms with Gasteiger partial charge >= 0.3 is 0 Å². The van der Waals surface area contributed by atoms with Crippen molar-refractivity contribution in [3.05, 3.63) is 16.1 Å². The van der Waals surface area contributed by atoms with Gasteiger partial charge in [-0.05, 0) is 35.2 Å². The Morgan fingerprint density at radius 1 is 1.18 bits per heavy atom. The lowest BCUT2D eigenvalue weighted by Gasteiger charge is -2.27. The maximum Gasteiger partial charge on any atom is 0.127 e. The van der Waals surface area contributed by atoms with Crippen LogP contribution in [0.5, 0.6) is 0 Å². The molecule has 0 aromatic carbocycles. The predicted octanol–water partition coefficient (Wildman–Crippen LogP) is 1.39. The van der Waals surface area contributed by atoms with Crippen LogP contribution in [0.15, 0.2) is 4.60 Å². The van der Waals surface area contributed by atoms with Crippen LogP contribution in [0.25, 0.3) is 0 Å². The second kappa shape index (κ2) is 5.08. The zero-order valence-corrected chi connectivity index (χ0v) is 11.7. The molecule has 2 aliphatic heterocycles. The molecule has 0 saturated carbocycles. The molecule has 1 aromatic rings. The number of fused-ring (bicyclic) bond motifs is 1. The molecule has 94 valence electrons. The van der Waals surface area contributed by atoms with Crippen LogP contribution in [0.4, 0.5) is 0 Å². The largest absolute Gasteiger partial charge is 0.330 e. The Bertz CT molecular complexity index is 395. The zero-order valence-electron chi connectivity index (χ0n) is 10.1. The Labute approximate surface area is 111 Å². The van der Waals surface area contributed by atoms with E-state index in [1.807, 2.05) is 0 Å². The van der Waals surface area contributed by atoms with Gasteiger partial charge < -0.3 is 9.88 Å². The maximum atomic E-state index is 4.70. The summed E-state index contributed by atoms with van der Waals surface area (Å²) in [5.41, 5.74) is 1.40. The highest BCUT2D eigenvalue weighted by atomic mass is 79.9. The van der Waals surface area contributed by atoms with E-state index in [2.05, 4.69) is 30.7 Å². The van der Waals surface area contributed by atoms with Crippen LogP contribution in [0.3, 0.4) is 0 Å². The smallest absolute Gasteiger partial charge is 0.127 e. The summed E-state index contributed by atoms with van der Waals surface area (Å²) in [7, 11) is 0. The number of halogens is 1. The summed E-state index contributed by atoms with van der Waals surface area (Å²) in [6.07, 6.45) is 3.77. The highest BCUT2D eigenvalue weighted by Crippen LogP contribution is 2.25. The van der Waals surface area contributed by atoms with Crippen molar-refractivity contribution >= 4 is 15.9 Å². The van der Waals surface area contributed by atoms with Crippen molar-refractivity contribution in [1.29, 1.82) is 0 Å². The third-order valence-corrected chi connectivity index (χ3v) is 4.36. The van der Waals surface area contributed by atoms with E-state index in [4.69, 9.17) is 4.98 Å². The predicted molar refractivity (Wildman–Crippen MR) is 71.0 cm³/mol. The van der Waals surface area contributed by atoms with Crippen LogP contribution in [-0.4, -0.2) is 40.6 Å². The van der Waals surface area contributed by atoms with E-state index in [1.165, 1.54) is 30.8 Å². The molecule has 3 rings (SSSR count). The number of nitrogens with one attached hydrogen (secondary N) is 1. The first-order valence-corrected chi connectivity index (χ1v) is 7.31. The minimum absolute atomic E-state index is 1.00. The number of hydrogen-bond donors (Lipinski definition) is 1. The van der Waals surface area contributed by atoms with Gasteiger partial charge in [0.2, 0.25) is 0 Å². The number of piperazine rings is 1. The Kier molecular flexibility index (Phi) is 3.49. The van der Waals surface area contributed by atoms with Gasteiger partial charge in [0.05, 0.1) is 12.2 Å². The molecule has 1 saturated heterocycles. The molecule has 0 atom stereocenters. The Morgan fingerprint density at radius 2 is 2.00 bits per heavy atom. The fraction of sp³-hybridized carbons (Fsp3) is 0.750. The molecule has 0 aliphatic carbocycles. The van der Waals surface area contributed by atoms with Gasteiger partial charge in [-0.25, -0.2) is 4.98 Å². The van der Waals surface area contributed by atoms with Gasteiger partial charge in [0.1, 0.15) is 10.4 Å². The molecular formula is C12H19BrN4. The number of imidazole rings is 1. The summed E-state index contributed by atoms with van der Waals surface area (Å²) in [6, 6.07) is 0. The first kappa shape index (κ1) is 11.7. The highest BCUT2D eigenvalue weighted by Gasteiger charge is 2.20. The molecule has 1 N–H and O–H groups in total. The normalized spacial score (nSPS) is 21.5. The lowest BCUT2D eigenvalue weighted by atomic mass is 10.1. The van der Waals surface area contributed by atoms with Crippen molar-refractivity contribution < 1.29 is 0 Å². The summed E-state index contributed by atoms with van der Waals surface area (Å²) >= 11 is 3.60. The topological polar surface area (TPSA) is 33.1 Å². The van der Waals surface area contributed by atoms with Crippen molar-refractivity contribution in [1.82, 2.24) is 19.8 Å². The lowest BCUT2D eigenvalue weighted by Crippen LogP contribution is -2.43. The molecule has 5 heteroatoms. The second-order valence-corrected chi connectivity index (χ2v) is 5.65. The lowest BCUT2D eigenvalue weighted by molar-refractivity contribution is 0.224. The van der Waals surface area contributed by atoms with Gasteiger partial charge in [0.25, 0.3) is 0 Å². The summed E-state index contributed by atoms with van der Waals surface area (Å²) < 4.78 is 3.50. The summed E-state index contributed by atoms with van der Waals surface area (Å²) in [5, 5.41) is 3.39. The molecule has 0 radical (unpaired) electrons. The van der Waals surface area contributed by atoms with Gasteiger partial charge in [0.15, 0.2) is 0 Å². The minimum atomic E-state index is 1.00. The molecule has 3 heterocycles. The molecule has 2 aliphatic rings. The first-order valence-electron chi connectivity index (χ1n) is 6.51. The van der Waals surface area contributed by atoms with Gasteiger partial charge in [-0.2, -0.15) is 0 Å². The average molecular weight is 299 g/mol. The van der Waals surface area contributed by atoms with Crippen LogP contribution in [0, 0.1) is 0 Å². The van der Waals surface area contributed by atoms with Crippen LogP contribution in [-0.2, 0) is 19.5 Å². The first-order chi connectivity index (χ1) is 8.34. The molecular weight excluding hydrogens is 280 g/mol. The Morgan fingerprint density at radius 3 is 2.82 bits per heavy atom.